The van der Waals surface area contributed by atoms with Gasteiger partial charge in [0, 0.05) is 12.0 Å². The Kier molecular flexibility index (Phi) is 6.64. The first-order valence-electron chi connectivity index (χ1n) is 11.0. The lowest BCUT2D eigenvalue weighted by Crippen LogP contribution is -2.47. The molecule has 1 saturated carbocycles. The highest BCUT2D eigenvalue weighted by atomic mass is 16.5. The van der Waals surface area contributed by atoms with E-state index in [0.717, 1.165) is 33.6 Å². The Labute approximate surface area is 192 Å². The third kappa shape index (κ3) is 4.70. The van der Waals surface area contributed by atoms with Gasteiger partial charge >= 0.3 is 12.1 Å². The van der Waals surface area contributed by atoms with Crippen molar-refractivity contribution in [3.8, 4) is 23.5 Å². The molecule has 7 heteroatoms. The molecule has 0 aliphatic heterocycles. The van der Waals surface area contributed by atoms with Crippen LogP contribution in [0, 0.1) is 18.3 Å². The summed E-state index contributed by atoms with van der Waals surface area (Å²) in [5.41, 5.74) is 4.55. The lowest BCUT2D eigenvalue weighted by molar-refractivity contribution is -0.146. The quantitative estimate of drug-likeness (QED) is 0.637. The van der Waals surface area contributed by atoms with Crippen molar-refractivity contribution in [2.75, 3.05) is 19.7 Å². The van der Waals surface area contributed by atoms with Gasteiger partial charge in [0.05, 0.1) is 12.5 Å². The first kappa shape index (κ1) is 22.4. The van der Waals surface area contributed by atoms with Gasteiger partial charge in [0.15, 0.2) is 0 Å². The molecular formula is C26H26N2O5. The van der Waals surface area contributed by atoms with Gasteiger partial charge in [-0.3, -0.25) is 9.59 Å². The molecule has 4 rings (SSSR count). The van der Waals surface area contributed by atoms with Crippen LogP contribution in [0.2, 0.25) is 0 Å². The number of nitrogens with zero attached hydrogens (tertiary/aromatic N) is 1. The van der Waals surface area contributed by atoms with Crippen molar-refractivity contribution >= 4 is 18.0 Å². The number of fused-ring (bicyclic) bond motifs is 3. The monoisotopic (exact) mass is 446 g/mol. The van der Waals surface area contributed by atoms with Gasteiger partial charge in [0.2, 0.25) is 5.91 Å². The highest BCUT2D eigenvalue weighted by molar-refractivity contribution is 5.85. The Morgan fingerprint density at radius 2 is 1.70 bits per heavy atom. The topological polar surface area (TPSA) is 95.9 Å². The third-order valence-electron chi connectivity index (χ3n) is 6.40. The number of nitrogens with one attached hydrogen (secondary N) is 1. The van der Waals surface area contributed by atoms with E-state index < -0.39 is 30.6 Å². The van der Waals surface area contributed by atoms with E-state index in [1.165, 1.54) is 0 Å². The molecule has 0 saturated heterocycles. The maximum absolute atomic E-state index is 12.9. The van der Waals surface area contributed by atoms with Gasteiger partial charge in [-0.05, 0) is 35.1 Å². The Balaban J connectivity index is 1.39. The zero-order valence-electron chi connectivity index (χ0n) is 18.2. The molecule has 0 aromatic heterocycles. The number of carboxylic acids is 1. The summed E-state index contributed by atoms with van der Waals surface area (Å²) in [4.78, 5) is 37.8. The number of rotatable bonds is 7. The van der Waals surface area contributed by atoms with E-state index in [-0.39, 0.29) is 25.0 Å². The average molecular weight is 447 g/mol. The molecule has 7 nitrogen and oxygen atoms in total. The highest BCUT2D eigenvalue weighted by Gasteiger charge is 2.37. The lowest BCUT2D eigenvalue weighted by Gasteiger charge is -2.26. The smallest absolute Gasteiger partial charge is 0.407 e. The fraction of sp³-hybridized carbons (Fsp3) is 0.346. The molecule has 0 spiro atoms. The molecule has 0 heterocycles. The summed E-state index contributed by atoms with van der Waals surface area (Å²) in [6.07, 6.45) is 6.65. The van der Waals surface area contributed by atoms with E-state index in [1.54, 1.807) is 0 Å². The van der Waals surface area contributed by atoms with E-state index in [9.17, 15) is 14.4 Å². The molecule has 33 heavy (non-hydrogen) atoms. The second-order valence-corrected chi connectivity index (χ2v) is 8.41. The third-order valence-corrected chi connectivity index (χ3v) is 6.40. The van der Waals surface area contributed by atoms with Gasteiger partial charge in [-0.25, -0.2) is 4.79 Å². The minimum absolute atomic E-state index is 0.0501. The predicted octanol–water partition coefficient (Wildman–Crippen LogP) is 3.24. The predicted molar refractivity (Wildman–Crippen MR) is 122 cm³/mol. The van der Waals surface area contributed by atoms with Gasteiger partial charge in [-0.1, -0.05) is 60.9 Å². The normalized spacial score (nSPS) is 18.6. The number of ether oxygens (including phenoxy) is 1. The van der Waals surface area contributed by atoms with Crippen LogP contribution in [0.1, 0.15) is 36.3 Å². The van der Waals surface area contributed by atoms with Crippen molar-refractivity contribution in [1.82, 2.24) is 10.2 Å². The number of carbonyl (C=O) groups is 3. The van der Waals surface area contributed by atoms with Gasteiger partial charge in [-0.2, -0.15) is 0 Å². The van der Waals surface area contributed by atoms with Crippen LogP contribution in [0.25, 0.3) is 11.1 Å². The zero-order valence-corrected chi connectivity index (χ0v) is 18.2. The van der Waals surface area contributed by atoms with Gasteiger partial charge < -0.3 is 20.1 Å². The Morgan fingerprint density at radius 3 is 2.30 bits per heavy atom. The minimum Gasteiger partial charge on any atom is -0.480 e. The molecule has 0 radical (unpaired) electrons. The molecular weight excluding hydrogens is 420 g/mol. The number of aliphatic carboxylic acids is 1. The second-order valence-electron chi connectivity index (χ2n) is 8.41. The van der Waals surface area contributed by atoms with E-state index in [4.69, 9.17) is 16.3 Å². The zero-order chi connectivity index (χ0) is 23.4. The molecule has 1 fully saturated rings. The molecule has 170 valence electrons. The summed E-state index contributed by atoms with van der Waals surface area (Å²) < 4.78 is 5.60. The summed E-state index contributed by atoms with van der Waals surface area (Å²) in [7, 11) is 0. The van der Waals surface area contributed by atoms with Gasteiger partial charge in [0.25, 0.3) is 0 Å². The maximum atomic E-state index is 12.9. The lowest BCUT2D eigenvalue weighted by atomic mass is 9.98. The van der Waals surface area contributed by atoms with Crippen LogP contribution < -0.4 is 5.32 Å². The molecule has 2 N–H and O–H groups in total. The fourth-order valence-electron chi connectivity index (χ4n) is 4.94. The van der Waals surface area contributed by atoms with E-state index in [0.29, 0.717) is 12.8 Å². The molecule has 2 aromatic rings. The van der Waals surface area contributed by atoms with Crippen molar-refractivity contribution < 1.29 is 24.2 Å². The molecule has 2 aliphatic rings. The molecule has 2 amide bonds. The summed E-state index contributed by atoms with van der Waals surface area (Å²) >= 11 is 0. The summed E-state index contributed by atoms with van der Waals surface area (Å²) in [6, 6.07) is 15.8. The van der Waals surface area contributed by atoms with Crippen molar-refractivity contribution in [2.24, 2.45) is 5.92 Å². The number of terminal acetylenes is 1. The number of carboxylic acid groups (broad SMARTS) is 1. The number of carbonyl (C=O) groups excluding carboxylic acids is 2. The first-order chi connectivity index (χ1) is 16.0. The standard InChI is InChI=1S/C26H26N2O5/c1-2-14-28(15-24(29)30)25(31)21-12-7-13-23(21)27-26(32)33-16-22-19-10-5-3-8-17(19)18-9-4-6-11-20(18)22/h1,3-6,8-11,21-23H,7,12-16H2,(H,27,32)(H,29,30)/t21-,23+/m0/s1. The molecule has 0 unspecified atom stereocenters. The van der Waals surface area contributed by atoms with Crippen LogP contribution in [-0.2, 0) is 14.3 Å². The number of hydrogen-bond acceptors (Lipinski definition) is 4. The Hall–Kier alpha value is -3.79. The van der Waals surface area contributed by atoms with E-state index in [2.05, 4.69) is 35.5 Å². The molecule has 0 bridgehead atoms. The van der Waals surface area contributed by atoms with Crippen LogP contribution in [-0.4, -0.2) is 53.7 Å². The molecule has 2 aromatic carbocycles. The first-order valence-corrected chi connectivity index (χ1v) is 11.0. The van der Waals surface area contributed by atoms with Gasteiger partial charge in [0.1, 0.15) is 13.2 Å². The van der Waals surface area contributed by atoms with Crippen LogP contribution in [0.3, 0.4) is 0 Å². The van der Waals surface area contributed by atoms with Crippen molar-refractivity contribution in [3.05, 3.63) is 59.7 Å². The van der Waals surface area contributed by atoms with E-state index in [1.807, 2.05) is 24.3 Å². The summed E-state index contributed by atoms with van der Waals surface area (Å²) in [5, 5.41) is 11.9. The van der Waals surface area contributed by atoms with Gasteiger partial charge in [-0.15, -0.1) is 6.42 Å². The fourth-order valence-corrected chi connectivity index (χ4v) is 4.94. The maximum Gasteiger partial charge on any atom is 0.407 e. The number of benzene rings is 2. The molecule has 2 atom stereocenters. The van der Waals surface area contributed by atoms with Crippen LogP contribution in [0.4, 0.5) is 4.79 Å². The number of amides is 2. The highest BCUT2D eigenvalue weighted by Crippen LogP contribution is 2.44. The van der Waals surface area contributed by atoms with Crippen molar-refractivity contribution in [1.29, 1.82) is 0 Å². The number of hydrogen-bond donors (Lipinski definition) is 2. The number of alkyl carbamates (subject to hydrolysis) is 1. The van der Waals surface area contributed by atoms with E-state index >= 15 is 0 Å². The van der Waals surface area contributed by atoms with Crippen LogP contribution in [0.5, 0.6) is 0 Å². The summed E-state index contributed by atoms with van der Waals surface area (Å²) in [6.45, 7) is -0.357. The second kappa shape index (κ2) is 9.78. The minimum atomic E-state index is -1.13. The largest absolute Gasteiger partial charge is 0.480 e. The Bertz CT molecular complexity index is 1060. The SMILES string of the molecule is C#CCN(CC(=O)O)C(=O)[C@H]1CCC[C@H]1NC(=O)OCC1c2ccccc2-c2ccccc21. The molecule has 2 aliphatic carbocycles. The van der Waals surface area contributed by atoms with Crippen molar-refractivity contribution in [3.63, 3.8) is 0 Å². The van der Waals surface area contributed by atoms with Crippen LogP contribution in [0.15, 0.2) is 48.5 Å². The van der Waals surface area contributed by atoms with Crippen molar-refractivity contribution in [2.45, 2.75) is 31.2 Å². The average Bonchev–Trinajstić information content (AvgIpc) is 3.39. The van der Waals surface area contributed by atoms with Crippen LogP contribution >= 0.6 is 0 Å². The Morgan fingerprint density at radius 1 is 1.06 bits per heavy atom. The summed E-state index contributed by atoms with van der Waals surface area (Å²) in [5.74, 6) is 0.288.